The summed E-state index contributed by atoms with van der Waals surface area (Å²) >= 11 is 0. The quantitative estimate of drug-likeness (QED) is 0.774. The summed E-state index contributed by atoms with van der Waals surface area (Å²) in [4.78, 5) is 23.2. The fourth-order valence-electron chi connectivity index (χ4n) is 1.70. The predicted octanol–water partition coefficient (Wildman–Crippen LogP) is 0.993. The minimum absolute atomic E-state index is 0.136. The van der Waals surface area contributed by atoms with Crippen LogP contribution in [0.3, 0.4) is 0 Å². The standard InChI is InChI=1S/C14H16N2O5/c1-19-12(11-5-3-7-21-11)9-16-14(18)13(17)15-8-10-4-2-6-20-10/h2-7,12H,8-9H2,1H3,(H,15,17)(H,16,18). The van der Waals surface area contributed by atoms with Gasteiger partial charge < -0.3 is 24.2 Å². The van der Waals surface area contributed by atoms with Gasteiger partial charge in [0.15, 0.2) is 0 Å². The van der Waals surface area contributed by atoms with E-state index in [1.165, 1.54) is 19.6 Å². The number of furan rings is 2. The van der Waals surface area contributed by atoms with Gasteiger partial charge in [0.05, 0.1) is 25.6 Å². The van der Waals surface area contributed by atoms with Crippen molar-refractivity contribution in [2.75, 3.05) is 13.7 Å². The van der Waals surface area contributed by atoms with E-state index >= 15 is 0 Å². The number of rotatable bonds is 6. The van der Waals surface area contributed by atoms with Gasteiger partial charge in [-0.15, -0.1) is 0 Å². The summed E-state index contributed by atoms with van der Waals surface area (Å²) in [7, 11) is 1.50. The first-order chi connectivity index (χ1) is 10.2. The van der Waals surface area contributed by atoms with Gasteiger partial charge in [-0.05, 0) is 24.3 Å². The van der Waals surface area contributed by atoms with Crippen LogP contribution < -0.4 is 10.6 Å². The zero-order chi connectivity index (χ0) is 15.1. The highest BCUT2D eigenvalue weighted by Crippen LogP contribution is 2.15. The molecule has 7 nitrogen and oxygen atoms in total. The van der Waals surface area contributed by atoms with Crippen molar-refractivity contribution >= 4 is 11.8 Å². The number of nitrogens with one attached hydrogen (secondary N) is 2. The highest BCUT2D eigenvalue weighted by atomic mass is 16.5. The first-order valence-corrected chi connectivity index (χ1v) is 6.35. The maximum atomic E-state index is 11.7. The van der Waals surface area contributed by atoms with Crippen LogP contribution >= 0.6 is 0 Å². The summed E-state index contributed by atoms with van der Waals surface area (Å²) in [6.07, 6.45) is 2.56. The number of hydrogen-bond donors (Lipinski definition) is 2. The largest absolute Gasteiger partial charge is 0.467 e. The molecule has 1 atom stereocenters. The molecule has 1 unspecified atom stereocenters. The minimum Gasteiger partial charge on any atom is -0.467 e. The lowest BCUT2D eigenvalue weighted by atomic mass is 10.2. The van der Waals surface area contributed by atoms with Crippen LogP contribution in [-0.2, 0) is 20.9 Å². The molecule has 0 spiro atoms. The van der Waals surface area contributed by atoms with E-state index in [-0.39, 0.29) is 13.1 Å². The van der Waals surface area contributed by atoms with Crippen molar-refractivity contribution in [1.82, 2.24) is 10.6 Å². The zero-order valence-electron chi connectivity index (χ0n) is 11.5. The maximum Gasteiger partial charge on any atom is 0.309 e. The second kappa shape index (κ2) is 7.30. The maximum absolute atomic E-state index is 11.7. The number of hydrogen-bond acceptors (Lipinski definition) is 5. The van der Waals surface area contributed by atoms with Crippen LogP contribution in [0.2, 0.25) is 0 Å². The van der Waals surface area contributed by atoms with Crippen LogP contribution in [0.25, 0.3) is 0 Å². The van der Waals surface area contributed by atoms with E-state index in [2.05, 4.69) is 10.6 Å². The lowest BCUT2D eigenvalue weighted by Crippen LogP contribution is -2.41. The van der Waals surface area contributed by atoms with E-state index < -0.39 is 17.9 Å². The van der Waals surface area contributed by atoms with Crippen LogP contribution in [-0.4, -0.2) is 25.5 Å². The fourth-order valence-corrected chi connectivity index (χ4v) is 1.70. The highest BCUT2D eigenvalue weighted by Gasteiger charge is 2.18. The third-order valence-electron chi connectivity index (χ3n) is 2.80. The molecule has 0 aliphatic heterocycles. The van der Waals surface area contributed by atoms with Crippen LogP contribution in [0.15, 0.2) is 45.6 Å². The average molecular weight is 292 g/mol. The molecule has 0 saturated heterocycles. The summed E-state index contributed by atoms with van der Waals surface area (Å²) in [5, 5.41) is 4.94. The molecular formula is C14H16N2O5. The van der Waals surface area contributed by atoms with Crippen LogP contribution in [0.4, 0.5) is 0 Å². The molecule has 2 heterocycles. The fraction of sp³-hybridized carbons (Fsp3) is 0.286. The van der Waals surface area contributed by atoms with Gasteiger partial charge in [-0.1, -0.05) is 0 Å². The van der Waals surface area contributed by atoms with Crippen molar-refractivity contribution < 1.29 is 23.2 Å². The van der Waals surface area contributed by atoms with Crippen LogP contribution in [0, 0.1) is 0 Å². The first-order valence-electron chi connectivity index (χ1n) is 6.35. The van der Waals surface area contributed by atoms with E-state index in [9.17, 15) is 9.59 Å². The molecule has 2 amide bonds. The summed E-state index contributed by atoms with van der Waals surface area (Å²) in [6, 6.07) is 6.86. The number of ether oxygens (including phenoxy) is 1. The molecule has 0 bridgehead atoms. The molecule has 2 N–H and O–H groups in total. The van der Waals surface area contributed by atoms with Crippen molar-refractivity contribution in [1.29, 1.82) is 0 Å². The molecule has 2 aromatic rings. The van der Waals surface area contributed by atoms with Gasteiger partial charge in [0, 0.05) is 7.11 Å². The topological polar surface area (TPSA) is 93.7 Å². The molecule has 21 heavy (non-hydrogen) atoms. The third kappa shape index (κ3) is 4.22. The summed E-state index contributed by atoms with van der Waals surface area (Å²) < 4.78 is 15.4. The van der Waals surface area contributed by atoms with Gasteiger partial charge >= 0.3 is 11.8 Å². The van der Waals surface area contributed by atoms with Gasteiger partial charge in [-0.25, -0.2) is 0 Å². The summed E-state index contributed by atoms with van der Waals surface area (Å²) in [5.74, 6) is -0.328. The summed E-state index contributed by atoms with van der Waals surface area (Å²) in [5.41, 5.74) is 0. The Morgan fingerprint density at radius 3 is 2.48 bits per heavy atom. The second-order valence-electron chi connectivity index (χ2n) is 4.21. The first kappa shape index (κ1) is 14.9. The summed E-state index contributed by atoms with van der Waals surface area (Å²) in [6.45, 7) is 0.294. The highest BCUT2D eigenvalue weighted by molar-refractivity contribution is 6.35. The van der Waals surface area contributed by atoms with E-state index in [1.54, 1.807) is 24.3 Å². The molecule has 2 aromatic heterocycles. The zero-order valence-corrected chi connectivity index (χ0v) is 11.5. The predicted molar refractivity (Wildman–Crippen MR) is 72.0 cm³/mol. The van der Waals surface area contributed by atoms with Crippen LogP contribution in [0.1, 0.15) is 17.6 Å². The molecule has 0 aromatic carbocycles. The molecule has 0 saturated carbocycles. The van der Waals surface area contributed by atoms with Crippen molar-refractivity contribution in [3.05, 3.63) is 48.3 Å². The molecule has 7 heteroatoms. The smallest absolute Gasteiger partial charge is 0.309 e. The molecule has 0 radical (unpaired) electrons. The molecule has 0 fully saturated rings. The van der Waals surface area contributed by atoms with Crippen molar-refractivity contribution in [3.63, 3.8) is 0 Å². The third-order valence-corrected chi connectivity index (χ3v) is 2.80. The van der Waals surface area contributed by atoms with Gasteiger partial charge in [0.1, 0.15) is 17.6 Å². The number of carbonyl (C=O) groups is 2. The van der Waals surface area contributed by atoms with Gasteiger partial charge in [0.25, 0.3) is 0 Å². The normalized spacial score (nSPS) is 11.9. The Labute approximate surface area is 121 Å². The van der Waals surface area contributed by atoms with Gasteiger partial charge in [-0.3, -0.25) is 9.59 Å². The second-order valence-corrected chi connectivity index (χ2v) is 4.21. The molecular weight excluding hydrogens is 276 g/mol. The van der Waals surface area contributed by atoms with Crippen LogP contribution in [0.5, 0.6) is 0 Å². The van der Waals surface area contributed by atoms with Crippen molar-refractivity contribution in [3.8, 4) is 0 Å². The lowest BCUT2D eigenvalue weighted by molar-refractivity contribution is -0.139. The molecule has 2 rings (SSSR count). The van der Waals surface area contributed by atoms with Gasteiger partial charge in [0.2, 0.25) is 0 Å². The Balaban J connectivity index is 1.76. The number of carbonyl (C=O) groups excluding carboxylic acids is 2. The monoisotopic (exact) mass is 292 g/mol. The van der Waals surface area contributed by atoms with Crippen molar-refractivity contribution in [2.24, 2.45) is 0 Å². The number of methoxy groups -OCH3 is 1. The molecule has 0 aliphatic rings. The van der Waals surface area contributed by atoms with E-state index in [4.69, 9.17) is 13.6 Å². The lowest BCUT2D eigenvalue weighted by Gasteiger charge is -2.13. The molecule has 112 valence electrons. The number of amides is 2. The average Bonchev–Trinajstić information content (AvgIpc) is 3.18. The SMILES string of the molecule is COC(CNC(=O)C(=O)NCc1ccco1)c1ccco1. The van der Waals surface area contributed by atoms with E-state index in [1.807, 2.05) is 0 Å². The Morgan fingerprint density at radius 1 is 1.14 bits per heavy atom. The minimum atomic E-state index is -0.741. The van der Waals surface area contributed by atoms with E-state index in [0.717, 1.165) is 0 Å². The van der Waals surface area contributed by atoms with Gasteiger partial charge in [-0.2, -0.15) is 0 Å². The Kier molecular flexibility index (Phi) is 5.16. The Bertz CT molecular complexity index is 562. The van der Waals surface area contributed by atoms with Crippen molar-refractivity contribution in [2.45, 2.75) is 12.6 Å². The Morgan fingerprint density at radius 2 is 1.86 bits per heavy atom. The molecule has 0 aliphatic carbocycles. The Hall–Kier alpha value is -2.54. The van der Waals surface area contributed by atoms with E-state index in [0.29, 0.717) is 11.5 Å².